The first-order chi connectivity index (χ1) is 17.5. The Kier molecular flexibility index (Phi) is 9.40. The summed E-state index contributed by atoms with van der Waals surface area (Å²) in [4.78, 5) is 11.7. The van der Waals surface area contributed by atoms with Gasteiger partial charge in [0.25, 0.3) is 0 Å². The molecule has 4 rings (SSSR count). The minimum atomic E-state index is -6.54. The molecule has 0 aliphatic heterocycles. The van der Waals surface area contributed by atoms with Crippen LogP contribution in [-0.2, 0) is 19.6 Å². The lowest BCUT2D eigenvalue weighted by molar-refractivity contribution is -0.597. The van der Waals surface area contributed by atoms with Crippen molar-refractivity contribution in [1.29, 1.82) is 0 Å². The predicted octanol–water partition coefficient (Wildman–Crippen LogP) is 2.94. The molecule has 0 N–H and O–H groups in total. The minimum absolute atomic E-state index is 0.0287. The number of carbonyl (C=O) groups excluding carboxylic acids is 1. The first-order valence-electron chi connectivity index (χ1n) is 11.9. The number of hydrogen-bond acceptors (Lipinski definition) is 6. The Balaban J connectivity index is 0.000000256. The van der Waals surface area contributed by atoms with Crippen LogP contribution in [0.1, 0.15) is 40.0 Å². The van der Waals surface area contributed by atoms with Gasteiger partial charge in [0, 0.05) is 11.8 Å². The second-order valence-electron chi connectivity index (χ2n) is 10.2. The summed E-state index contributed by atoms with van der Waals surface area (Å²) in [6.45, 7) is 4.68. The number of fused-ring (bicyclic) bond motifs is 2. The Hall–Kier alpha value is -1.93. The number of hydrogen-bond donors (Lipinski definition) is 0. The van der Waals surface area contributed by atoms with E-state index in [4.69, 9.17) is 9.47 Å². The van der Waals surface area contributed by atoms with Crippen molar-refractivity contribution in [3.63, 3.8) is 0 Å². The Morgan fingerprint density at radius 3 is 1.82 bits per heavy atom. The third kappa shape index (κ3) is 7.38. The summed E-state index contributed by atoms with van der Waals surface area (Å²) in [7, 11) is -6.54. The van der Waals surface area contributed by atoms with Gasteiger partial charge in [-0.2, -0.15) is 17.6 Å². The molecular formula is C26H29F4IO6S. The van der Waals surface area contributed by atoms with Gasteiger partial charge in [-0.25, -0.2) is 13.2 Å². The highest BCUT2D eigenvalue weighted by molar-refractivity contribution is 7.86. The van der Waals surface area contributed by atoms with Gasteiger partial charge in [0.2, 0.25) is 0 Å². The quantitative estimate of drug-likeness (QED) is 0.203. The molecular weight excluding hydrogens is 643 g/mol. The van der Waals surface area contributed by atoms with Gasteiger partial charge in [0.05, 0.1) is 0 Å². The molecule has 2 saturated carbocycles. The highest BCUT2D eigenvalue weighted by Crippen LogP contribution is 2.58. The summed E-state index contributed by atoms with van der Waals surface area (Å²) >= 11 is 0.0287. The summed E-state index contributed by atoms with van der Waals surface area (Å²) in [5.41, 5.74) is -0.887. The molecule has 6 nitrogen and oxygen atoms in total. The van der Waals surface area contributed by atoms with Crippen molar-refractivity contribution in [3.05, 3.63) is 67.8 Å². The fraction of sp³-hybridized carbons (Fsp3) is 0.500. The maximum atomic E-state index is 14.1. The molecule has 2 aromatic carbocycles. The first kappa shape index (κ1) is 30.6. The van der Waals surface area contributed by atoms with E-state index in [1.165, 1.54) is 7.14 Å². The van der Waals surface area contributed by atoms with Crippen LogP contribution in [0.5, 0.6) is 0 Å². The normalized spacial score (nSPS) is 23.4. The van der Waals surface area contributed by atoms with Gasteiger partial charge >= 0.3 is 38.5 Å². The van der Waals surface area contributed by atoms with Gasteiger partial charge < -0.3 is 14.0 Å². The van der Waals surface area contributed by atoms with E-state index in [2.05, 4.69) is 60.7 Å². The molecule has 4 atom stereocenters. The summed E-state index contributed by atoms with van der Waals surface area (Å²) in [6, 6.07) is 21.4. The van der Waals surface area contributed by atoms with Crippen LogP contribution >= 0.6 is 0 Å². The van der Waals surface area contributed by atoms with Crippen LogP contribution < -0.4 is 21.2 Å². The lowest BCUT2D eigenvalue weighted by atomic mass is 9.82. The maximum Gasteiger partial charge on any atom is 0.509 e. The standard InChI is InChI=1S/C14H20F4O6S.C12H10I/c1-12(2,3)24-11(19)23-10-6-7-4-8(10)9(5-7)13(15,16)14(17,18)25(20,21)22;1-3-7-11(8-4-1)13-12-9-5-2-6-10-12/h7-10H,4-6H2,1-3H3,(H,20,21,22);1-10H/q;+1/p-1. The van der Waals surface area contributed by atoms with E-state index in [9.17, 15) is 35.3 Å². The number of ether oxygens (including phenoxy) is 2. The third-order valence-electron chi connectivity index (χ3n) is 6.24. The van der Waals surface area contributed by atoms with Crippen molar-refractivity contribution < 1.29 is 66.0 Å². The van der Waals surface area contributed by atoms with Crippen molar-refractivity contribution in [2.24, 2.45) is 17.8 Å². The Bertz CT molecular complexity index is 1150. The lowest BCUT2D eigenvalue weighted by Gasteiger charge is -2.38. The molecule has 4 unspecified atom stereocenters. The zero-order valence-electron chi connectivity index (χ0n) is 21.0. The largest absolute Gasteiger partial charge is 0.743 e. The fourth-order valence-corrected chi connectivity index (χ4v) is 7.45. The van der Waals surface area contributed by atoms with Crippen LogP contribution in [0.25, 0.3) is 0 Å². The van der Waals surface area contributed by atoms with Crippen molar-refractivity contribution in [2.75, 3.05) is 0 Å². The van der Waals surface area contributed by atoms with E-state index in [0.717, 1.165) is 0 Å². The summed E-state index contributed by atoms with van der Waals surface area (Å²) < 4.78 is 99.9. The minimum Gasteiger partial charge on any atom is -0.743 e. The number of benzene rings is 2. The van der Waals surface area contributed by atoms with Crippen LogP contribution in [0.15, 0.2) is 60.7 Å². The van der Waals surface area contributed by atoms with Crippen LogP contribution in [0, 0.1) is 24.9 Å². The van der Waals surface area contributed by atoms with E-state index >= 15 is 0 Å². The molecule has 2 fully saturated rings. The highest BCUT2D eigenvalue weighted by Gasteiger charge is 2.70. The molecule has 0 heterocycles. The molecule has 2 bridgehead atoms. The van der Waals surface area contributed by atoms with E-state index in [0.29, 0.717) is 0 Å². The molecule has 2 aliphatic carbocycles. The lowest BCUT2D eigenvalue weighted by Crippen LogP contribution is -3.61. The van der Waals surface area contributed by atoms with Crippen molar-refractivity contribution in [2.45, 2.75) is 62.9 Å². The molecule has 2 aromatic rings. The molecule has 38 heavy (non-hydrogen) atoms. The molecule has 2 aliphatic rings. The first-order valence-corrected chi connectivity index (χ1v) is 15.4. The van der Waals surface area contributed by atoms with Crippen molar-refractivity contribution in [3.8, 4) is 0 Å². The topological polar surface area (TPSA) is 92.7 Å². The number of rotatable bonds is 6. The monoisotopic (exact) mass is 672 g/mol. The Morgan fingerprint density at radius 2 is 1.39 bits per heavy atom. The summed E-state index contributed by atoms with van der Waals surface area (Å²) in [5.74, 6) is -8.71. The molecule has 210 valence electrons. The zero-order valence-corrected chi connectivity index (χ0v) is 23.9. The van der Waals surface area contributed by atoms with Crippen molar-refractivity contribution in [1.82, 2.24) is 0 Å². The molecule has 0 saturated heterocycles. The van der Waals surface area contributed by atoms with Crippen molar-refractivity contribution >= 4 is 16.3 Å². The highest BCUT2D eigenvalue weighted by atomic mass is 127. The average Bonchev–Trinajstić information content (AvgIpc) is 3.40. The van der Waals surface area contributed by atoms with Gasteiger partial charge in [-0.15, -0.1) is 0 Å². The molecule has 0 spiro atoms. The third-order valence-corrected chi connectivity index (χ3v) is 9.83. The molecule has 0 radical (unpaired) electrons. The van der Waals surface area contributed by atoms with Crippen LogP contribution in [0.4, 0.5) is 22.4 Å². The van der Waals surface area contributed by atoms with Gasteiger partial charge in [0.15, 0.2) is 17.3 Å². The molecule has 0 aromatic heterocycles. The number of carbonyl (C=O) groups is 1. The Morgan fingerprint density at radius 1 is 0.895 bits per heavy atom. The van der Waals surface area contributed by atoms with Gasteiger partial charge in [-0.1, -0.05) is 36.4 Å². The fourth-order valence-electron chi connectivity index (χ4n) is 4.70. The second-order valence-corrected chi connectivity index (χ2v) is 14.7. The average molecular weight is 672 g/mol. The SMILES string of the molecule is CC(C)(C)OC(=O)OC1CC2CC1C(C(F)(F)C(F)(F)S(=O)(=O)[O-])C2.c1ccc([I+]c2ccccc2)cc1. The number of alkyl halides is 4. The van der Waals surface area contributed by atoms with Gasteiger partial charge in [0.1, 0.15) is 11.7 Å². The van der Waals surface area contributed by atoms with E-state index in [1.54, 1.807) is 20.8 Å². The van der Waals surface area contributed by atoms with E-state index in [-0.39, 0.29) is 40.5 Å². The summed E-state index contributed by atoms with van der Waals surface area (Å²) in [6.07, 6.45) is -2.28. The molecule has 12 heteroatoms. The van der Waals surface area contributed by atoms with Gasteiger partial charge in [-0.3, -0.25) is 0 Å². The van der Waals surface area contributed by atoms with E-state index < -0.39 is 56.9 Å². The van der Waals surface area contributed by atoms with Crippen LogP contribution in [0.2, 0.25) is 0 Å². The van der Waals surface area contributed by atoms with Crippen LogP contribution in [-0.4, -0.2) is 42.0 Å². The van der Waals surface area contributed by atoms with Crippen LogP contribution in [0.3, 0.4) is 0 Å². The summed E-state index contributed by atoms with van der Waals surface area (Å²) in [5, 5.41) is -5.73. The number of halogens is 5. The maximum absolute atomic E-state index is 14.1. The van der Waals surface area contributed by atoms with Gasteiger partial charge in [-0.05, 0) is 70.2 Å². The smallest absolute Gasteiger partial charge is 0.509 e. The zero-order chi connectivity index (χ0) is 28.4. The second kappa shape index (κ2) is 11.7. The molecule has 0 amide bonds. The Labute approximate surface area is 230 Å². The predicted molar refractivity (Wildman–Crippen MR) is 125 cm³/mol. The van der Waals surface area contributed by atoms with E-state index in [1.807, 2.05) is 0 Å².